The van der Waals surface area contributed by atoms with Crippen LogP contribution in [0.25, 0.3) is 0 Å². The van der Waals surface area contributed by atoms with Crippen LogP contribution in [0.15, 0.2) is 22.5 Å². The molecule has 3 rings (SSSR count). The van der Waals surface area contributed by atoms with E-state index in [1.54, 1.807) is 0 Å². The van der Waals surface area contributed by atoms with E-state index in [0.29, 0.717) is 11.8 Å². The molecule has 5 nitrogen and oxygen atoms in total. The number of nitrogens with one attached hydrogen (secondary N) is 2. The van der Waals surface area contributed by atoms with Crippen LogP contribution in [0.1, 0.15) is 56.3 Å². The highest BCUT2D eigenvalue weighted by atomic mass is 32.2. The van der Waals surface area contributed by atoms with Gasteiger partial charge in [-0.2, -0.15) is 0 Å². The van der Waals surface area contributed by atoms with Gasteiger partial charge in [0.1, 0.15) is 0 Å². The summed E-state index contributed by atoms with van der Waals surface area (Å²) in [6, 6.07) is 6.98. The van der Waals surface area contributed by atoms with Crippen LogP contribution in [0.5, 0.6) is 0 Å². The summed E-state index contributed by atoms with van der Waals surface area (Å²) in [5.74, 6) is 0.375. The molecule has 0 radical (unpaired) electrons. The number of hydrogen-bond acceptors (Lipinski definition) is 6. The fraction of sp³-hybridized carbons (Fsp3) is 0.526. The number of aromatic nitrogens is 2. The van der Waals surface area contributed by atoms with Gasteiger partial charge in [-0.05, 0) is 63.1 Å². The Morgan fingerprint density at radius 3 is 2.73 bits per heavy atom. The van der Waals surface area contributed by atoms with Crippen molar-refractivity contribution in [1.82, 2.24) is 15.5 Å². The van der Waals surface area contributed by atoms with E-state index in [4.69, 9.17) is 0 Å². The minimum Gasteiger partial charge on any atom is -0.358 e. The lowest BCUT2D eigenvalue weighted by Gasteiger charge is -2.20. The second kappa shape index (κ2) is 8.86. The lowest BCUT2D eigenvalue weighted by atomic mass is 9.89. The third kappa shape index (κ3) is 5.20. The van der Waals surface area contributed by atoms with Crippen molar-refractivity contribution in [2.45, 2.75) is 62.9 Å². The highest BCUT2D eigenvalue weighted by Gasteiger charge is 2.15. The normalized spacial score (nSPS) is 14.8. The molecule has 1 unspecified atom stereocenters. The van der Waals surface area contributed by atoms with E-state index in [1.165, 1.54) is 59.1 Å². The van der Waals surface area contributed by atoms with Crippen LogP contribution in [-0.4, -0.2) is 27.9 Å². The van der Waals surface area contributed by atoms with Crippen molar-refractivity contribution < 1.29 is 4.79 Å². The quantitative estimate of drug-likeness (QED) is 0.693. The SMILES string of the molecule is CC(C)Nc1nnc(SCC(=O)NC(C)c2ccc3c(c2)CCCC3)s1. The van der Waals surface area contributed by atoms with Gasteiger partial charge in [0.25, 0.3) is 0 Å². The highest BCUT2D eigenvalue weighted by molar-refractivity contribution is 8.01. The predicted molar refractivity (Wildman–Crippen MR) is 109 cm³/mol. The molecule has 2 N–H and O–H groups in total. The number of carbonyl (C=O) groups excluding carboxylic acids is 1. The average molecular weight is 391 g/mol. The molecule has 1 aromatic carbocycles. The summed E-state index contributed by atoms with van der Waals surface area (Å²) in [6.07, 6.45) is 4.89. The second-order valence-electron chi connectivity index (χ2n) is 6.99. The number of amides is 1. The number of nitrogens with zero attached hydrogens (tertiary/aromatic N) is 2. The van der Waals surface area contributed by atoms with Gasteiger partial charge in [-0.1, -0.05) is 41.3 Å². The summed E-state index contributed by atoms with van der Waals surface area (Å²) >= 11 is 2.91. The molecule has 1 aliphatic carbocycles. The zero-order valence-electron chi connectivity index (χ0n) is 15.5. The summed E-state index contributed by atoms with van der Waals surface area (Å²) in [5.41, 5.74) is 4.10. The number of aryl methyl sites for hydroxylation is 2. The number of benzene rings is 1. The largest absolute Gasteiger partial charge is 0.358 e. The molecule has 0 aliphatic heterocycles. The number of anilines is 1. The maximum Gasteiger partial charge on any atom is 0.230 e. The Labute approximate surface area is 163 Å². The van der Waals surface area contributed by atoms with Crippen LogP contribution in [-0.2, 0) is 17.6 Å². The van der Waals surface area contributed by atoms with Crippen molar-refractivity contribution in [3.63, 3.8) is 0 Å². The van der Waals surface area contributed by atoms with Crippen molar-refractivity contribution in [3.8, 4) is 0 Å². The minimum atomic E-state index is 0.0166. The molecule has 1 atom stereocenters. The van der Waals surface area contributed by atoms with E-state index in [2.05, 4.69) is 52.9 Å². The van der Waals surface area contributed by atoms with Crippen molar-refractivity contribution >= 4 is 34.1 Å². The van der Waals surface area contributed by atoms with Crippen LogP contribution in [0.3, 0.4) is 0 Å². The van der Waals surface area contributed by atoms with Crippen LogP contribution in [0.2, 0.25) is 0 Å². The van der Waals surface area contributed by atoms with Crippen molar-refractivity contribution in [2.24, 2.45) is 0 Å². The Kier molecular flexibility index (Phi) is 6.53. The van der Waals surface area contributed by atoms with E-state index in [1.807, 2.05) is 6.92 Å². The fourth-order valence-corrected chi connectivity index (χ4v) is 4.80. The van der Waals surface area contributed by atoms with Gasteiger partial charge < -0.3 is 10.6 Å². The lowest BCUT2D eigenvalue weighted by Crippen LogP contribution is -2.28. The molecule has 1 aromatic heterocycles. The average Bonchev–Trinajstić information content (AvgIpc) is 3.06. The lowest BCUT2D eigenvalue weighted by molar-refractivity contribution is -0.119. The molecule has 0 bridgehead atoms. The molecule has 7 heteroatoms. The molecule has 2 aromatic rings. The monoisotopic (exact) mass is 390 g/mol. The van der Waals surface area contributed by atoms with Crippen LogP contribution in [0.4, 0.5) is 5.13 Å². The molecule has 1 heterocycles. The zero-order chi connectivity index (χ0) is 18.5. The fourth-order valence-electron chi connectivity index (χ4n) is 3.09. The van der Waals surface area contributed by atoms with Crippen molar-refractivity contribution in [2.75, 3.05) is 11.1 Å². The second-order valence-corrected chi connectivity index (χ2v) is 9.19. The van der Waals surface area contributed by atoms with Crippen LogP contribution < -0.4 is 10.6 Å². The Morgan fingerprint density at radius 1 is 1.19 bits per heavy atom. The van der Waals surface area contributed by atoms with E-state index >= 15 is 0 Å². The van der Waals surface area contributed by atoms with Gasteiger partial charge >= 0.3 is 0 Å². The minimum absolute atomic E-state index is 0.0166. The molecular weight excluding hydrogens is 364 g/mol. The maximum absolute atomic E-state index is 12.3. The topological polar surface area (TPSA) is 66.9 Å². The van der Waals surface area contributed by atoms with E-state index in [0.717, 1.165) is 15.9 Å². The van der Waals surface area contributed by atoms with E-state index in [9.17, 15) is 4.79 Å². The van der Waals surface area contributed by atoms with Crippen LogP contribution in [0, 0.1) is 0 Å². The van der Waals surface area contributed by atoms with Gasteiger partial charge in [0.05, 0.1) is 11.8 Å². The number of hydrogen-bond donors (Lipinski definition) is 2. The first-order chi connectivity index (χ1) is 12.5. The smallest absolute Gasteiger partial charge is 0.230 e. The summed E-state index contributed by atoms with van der Waals surface area (Å²) in [5, 5.41) is 15.3. The van der Waals surface area contributed by atoms with Gasteiger partial charge in [0.15, 0.2) is 4.34 Å². The van der Waals surface area contributed by atoms with Gasteiger partial charge in [0, 0.05) is 6.04 Å². The number of carbonyl (C=O) groups is 1. The van der Waals surface area contributed by atoms with Crippen molar-refractivity contribution in [1.29, 1.82) is 0 Å². The molecule has 0 fully saturated rings. The maximum atomic E-state index is 12.3. The van der Waals surface area contributed by atoms with Gasteiger partial charge in [-0.3, -0.25) is 4.79 Å². The molecule has 0 spiro atoms. The summed E-state index contributed by atoms with van der Waals surface area (Å²) in [7, 11) is 0. The van der Waals surface area contributed by atoms with E-state index < -0.39 is 0 Å². The highest BCUT2D eigenvalue weighted by Crippen LogP contribution is 2.27. The Bertz CT molecular complexity index is 760. The number of fused-ring (bicyclic) bond motifs is 1. The predicted octanol–water partition coefficient (Wildman–Crippen LogP) is 4.21. The molecule has 140 valence electrons. The Balaban J connectivity index is 1.50. The first kappa shape index (κ1) is 19.2. The summed E-state index contributed by atoms with van der Waals surface area (Å²) in [6.45, 7) is 6.16. The number of rotatable bonds is 7. The first-order valence-corrected chi connectivity index (χ1v) is 11.0. The third-order valence-corrected chi connectivity index (χ3v) is 6.38. The summed E-state index contributed by atoms with van der Waals surface area (Å²) in [4.78, 5) is 12.3. The Morgan fingerprint density at radius 2 is 1.96 bits per heavy atom. The first-order valence-electron chi connectivity index (χ1n) is 9.15. The molecule has 1 aliphatic rings. The molecule has 26 heavy (non-hydrogen) atoms. The zero-order valence-corrected chi connectivity index (χ0v) is 17.2. The number of thioether (sulfide) groups is 1. The summed E-state index contributed by atoms with van der Waals surface area (Å²) < 4.78 is 0.810. The molecule has 1 amide bonds. The van der Waals surface area contributed by atoms with E-state index in [-0.39, 0.29) is 11.9 Å². The Hall–Kier alpha value is -1.60. The third-order valence-electron chi connectivity index (χ3n) is 4.40. The van der Waals surface area contributed by atoms with Gasteiger partial charge in [-0.25, -0.2) is 0 Å². The van der Waals surface area contributed by atoms with Crippen molar-refractivity contribution in [3.05, 3.63) is 34.9 Å². The standard InChI is InChI=1S/C19H26N4OS2/c1-12(2)20-18-22-23-19(26-18)25-11-17(24)21-13(3)15-9-8-14-6-4-5-7-16(14)10-15/h8-10,12-13H,4-7,11H2,1-3H3,(H,20,22)(H,21,24). The van der Waals surface area contributed by atoms with Crippen LogP contribution >= 0.6 is 23.1 Å². The van der Waals surface area contributed by atoms with Gasteiger partial charge in [0.2, 0.25) is 11.0 Å². The van der Waals surface area contributed by atoms with Gasteiger partial charge in [-0.15, -0.1) is 10.2 Å². The molecular formula is C19H26N4OS2. The molecule has 0 saturated heterocycles. The molecule has 0 saturated carbocycles.